The predicted molar refractivity (Wildman–Crippen MR) is 98.9 cm³/mol. The number of nitrogens with one attached hydrogen (secondary N) is 1. The molecule has 3 rings (SSSR count). The van der Waals surface area contributed by atoms with Gasteiger partial charge >= 0.3 is 0 Å². The highest BCUT2D eigenvalue weighted by Gasteiger charge is 2.41. The monoisotopic (exact) mass is 398 g/mol. The van der Waals surface area contributed by atoms with Gasteiger partial charge in [0, 0.05) is 23.8 Å². The first-order chi connectivity index (χ1) is 11.6. The highest BCUT2D eigenvalue weighted by Crippen LogP contribution is 2.42. The fourth-order valence-corrected chi connectivity index (χ4v) is 5.27. The van der Waals surface area contributed by atoms with Crippen molar-refractivity contribution in [2.24, 2.45) is 0 Å². The van der Waals surface area contributed by atoms with E-state index in [1.807, 2.05) is 13.8 Å². The molecule has 0 unspecified atom stereocenters. The third kappa shape index (κ3) is 2.92. The van der Waals surface area contributed by atoms with Gasteiger partial charge in [0.1, 0.15) is 10.2 Å². The molecular weight excluding hydrogens is 384 g/mol. The van der Waals surface area contributed by atoms with Crippen LogP contribution in [0.1, 0.15) is 26.5 Å². The maximum atomic E-state index is 12.8. The molecule has 2 aromatic rings. The standard InChI is InChI=1S/C15H15ClN4O3S2/c1-7-5-11(16)19-15(18-7)17-6-10-13(21)12-8(2)9(3)24-14(12)20(4)25(10,22)23/h5-6H,1-4H3,(H,17,18,19)/b10-6-. The van der Waals surface area contributed by atoms with Crippen LogP contribution in [0.2, 0.25) is 5.15 Å². The molecule has 0 saturated heterocycles. The Labute approximate surface area is 154 Å². The Morgan fingerprint density at radius 3 is 2.60 bits per heavy atom. The Kier molecular flexibility index (Phi) is 4.34. The Morgan fingerprint density at radius 1 is 1.28 bits per heavy atom. The van der Waals surface area contributed by atoms with Crippen molar-refractivity contribution in [2.45, 2.75) is 20.8 Å². The number of hydrogen-bond donors (Lipinski definition) is 1. The fraction of sp³-hybridized carbons (Fsp3) is 0.267. The van der Waals surface area contributed by atoms with E-state index in [0.717, 1.165) is 20.9 Å². The first-order valence-corrected chi connectivity index (χ1v) is 9.88. The smallest absolute Gasteiger partial charge is 0.270 e. The van der Waals surface area contributed by atoms with Crippen molar-refractivity contribution in [1.29, 1.82) is 0 Å². The quantitative estimate of drug-likeness (QED) is 0.617. The largest absolute Gasteiger partial charge is 0.329 e. The number of anilines is 2. The van der Waals surface area contributed by atoms with Gasteiger partial charge in [-0.3, -0.25) is 9.10 Å². The maximum Gasteiger partial charge on any atom is 0.270 e. The van der Waals surface area contributed by atoms with Crippen LogP contribution in [0, 0.1) is 20.8 Å². The van der Waals surface area contributed by atoms with E-state index in [-0.39, 0.29) is 16.0 Å². The van der Waals surface area contributed by atoms with E-state index in [1.165, 1.54) is 18.4 Å². The number of aryl methyl sites for hydroxylation is 2. The Bertz CT molecular complexity index is 1010. The van der Waals surface area contributed by atoms with Crippen LogP contribution < -0.4 is 9.62 Å². The number of nitrogens with zero attached hydrogens (tertiary/aromatic N) is 3. The molecule has 1 aliphatic heterocycles. The van der Waals surface area contributed by atoms with E-state index >= 15 is 0 Å². The number of hydrogen-bond acceptors (Lipinski definition) is 7. The summed E-state index contributed by atoms with van der Waals surface area (Å²) >= 11 is 7.15. The average molecular weight is 399 g/mol. The van der Waals surface area contributed by atoms with Crippen molar-refractivity contribution in [3.63, 3.8) is 0 Å². The highest BCUT2D eigenvalue weighted by atomic mass is 35.5. The molecule has 1 aliphatic rings. The van der Waals surface area contributed by atoms with Crippen molar-refractivity contribution in [3.8, 4) is 0 Å². The number of Topliss-reactive ketones (excluding diaryl/α,β-unsaturated/α-hetero) is 1. The molecule has 0 fully saturated rings. The zero-order valence-corrected chi connectivity index (χ0v) is 16.3. The van der Waals surface area contributed by atoms with Gasteiger partial charge in [-0.2, -0.15) is 0 Å². The van der Waals surface area contributed by atoms with Crippen LogP contribution in [0.5, 0.6) is 0 Å². The summed E-state index contributed by atoms with van der Waals surface area (Å²) in [6.45, 7) is 5.39. The van der Waals surface area contributed by atoms with Crippen LogP contribution >= 0.6 is 22.9 Å². The number of carbonyl (C=O) groups excluding carboxylic acids is 1. The summed E-state index contributed by atoms with van der Waals surface area (Å²) in [4.78, 5) is 21.4. The zero-order chi connectivity index (χ0) is 18.5. The molecule has 0 amide bonds. The fourth-order valence-electron chi connectivity index (χ4n) is 2.46. The summed E-state index contributed by atoms with van der Waals surface area (Å²) in [6.07, 6.45) is 1.12. The SMILES string of the molecule is Cc1cc(Cl)nc(N/C=C2/C(=O)c3c(sc(C)c3C)N(C)S2(=O)=O)n1. The molecule has 0 radical (unpaired) electrons. The van der Waals surface area contributed by atoms with E-state index in [9.17, 15) is 13.2 Å². The van der Waals surface area contributed by atoms with Gasteiger partial charge in [0.25, 0.3) is 10.0 Å². The molecule has 25 heavy (non-hydrogen) atoms. The summed E-state index contributed by atoms with van der Waals surface area (Å²) < 4.78 is 26.5. The molecule has 7 nitrogen and oxygen atoms in total. The first-order valence-electron chi connectivity index (χ1n) is 7.24. The minimum Gasteiger partial charge on any atom is -0.329 e. The first kappa shape index (κ1) is 17.8. The molecule has 0 aliphatic carbocycles. The van der Waals surface area contributed by atoms with E-state index in [0.29, 0.717) is 16.3 Å². The highest BCUT2D eigenvalue weighted by molar-refractivity contribution is 7.98. The van der Waals surface area contributed by atoms with Crippen molar-refractivity contribution in [2.75, 3.05) is 16.7 Å². The molecule has 2 aromatic heterocycles. The Hall–Kier alpha value is -1.97. The van der Waals surface area contributed by atoms with Crippen LogP contribution in [0.4, 0.5) is 10.9 Å². The summed E-state index contributed by atoms with van der Waals surface area (Å²) in [5.74, 6) is -0.423. The Morgan fingerprint density at radius 2 is 1.96 bits per heavy atom. The van der Waals surface area contributed by atoms with Gasteiger partial charge in [-0.25, -0.2) is 18.4 Å². The maximum absolute atomic E-state index is 12.8. The van der Waals surface area contributed by atoms with Crippen molar-refractivity contribution >= 4 is 49.7 Å². The normalized spacial score (nSPS) is 17.7. The minimum absolute atomic E-state index is 0.118. The third-order valence-corrected chi connectivity index (χ3v) is 7.25. The van der Waals surface area contributed by atoms with E-state index in [1.54, 1.807) is 13.0 Å². The number of thiophene rings is 1. The van der Waals surface area contributed by atoms with E-state index in [2.05, 4.69) is 15.3 Å². The minimum atomic E-state index is -3.95. The molecule has 132 valence electrons. The summed E-state index contributed by atoms with van der Waals surface area (Å²) in [5.41, 5.74) is 1.81. The van der Waals surface area contributed by atoms with Crippen LogP contribution in [-0.4, -0.2) is 31.2 Å². The van der Waals surface area contributed by atoms with Gasteiger partial charge in [0.2, 0.25) is 11.7 Å². The van der Waals surface area contributed by atoms with Gasteiger partial charge in [-0.05, 0) is 32.4 Å². The molecular formula is C15H15ClN4O3S2. The van der Waals surface area contributed by atoms with Crippen molar-refractivity contribution in [3.05, 3.63) is 44.0 Å². The molecule has 10 heteroatoms. The number of carbonyl (C=O) groups is 1. The Balaban J connectivity index is 2.09. The molecule has 1 N–H and O–H groups in total. The second-order valence-electron chi connectivity index (χ2n) is 5.57. The lowest BCUT2D eigenvalue weighted by Gasteiger charge is -2.25. The lowest BCUT2D eigenvalue weighted by atomic mass is 10.1. The molecule has 0 saturated carbocycles. The van der Waals surface area contributed by atoms with Crippen LogP contribution in [-0.2, 0) is 10.0 Å². The lowest BCUT2D eigenvalue weighted by Crippen LogP contribution is -2.36. The third-order valence-electron chi connectivity index (χ3n) is 3.90. The van der Waals surface area contributed by atoms with Gasteiger partial charge in [-0.1, -0.05) is 11.6 Å². The number of halogens is 1. The van der Waals surface area contributed by atoms with Crippen LogP contribution in [0.3, 0.4) is 0 Å². The van der Waals surface area contributed by atoms with Crippen molar-refractivity contribution in [1.82, 2.24) is 9.97 Å². The number of ketones is 1. The second kappa shape index (κ2) is 6.08. The molecule has 3 heterocycles. The summed E-state index contributed by atoms with van der Waals surface area (Å²) in [5, 5.41) is 3.32. The van der Waals surface area contributed by atoms with Gasteiger partial charge in [0.05, 0.1) is 5.56 Å². The summed E-state index contributed by atoms with van der Waals surface area (Å²) in [7, 11) is -2.52. The van der Waals surface area contributed by atoms with E-state index < -0.39 is 15.8 Å². The lowest BCUT2D eigenvalue weighted by molar-refractivity contribution is 0.104. The van der Waals surface area contributed by atoms with Crippen molar-refractivity contribution < 1.29 is 13.2 Å². The van der Waals surface area contributed by atoms with Crippen LogP contribution in [0.15, 0.2) is 17.2 Å². The number of rotatable bonds is 2. The van der Waals surface area contributed by atoms with Crippen LogP contribution in [0.25, 0.3) is 0 Å². The van der Waals surface area contributed by atoms with E-state index in [4.69, 9.17) is 11.6 Å². The zero-order valence-electron chi connectivity index (χ0n) is 13.9. The average Bonchev–Trinajstić information content (AvgIpc) is 2.80. The van der Waals surface area contributed by atoms with Gasteiger partial charge < -0.3 is 5.32 Å². The summed E-state index contributed by atoms with van der Waals surface area (Å²) in [6, 6.07) is 1.57. The van der Waals surface area contributed by atoms with Gasteiger partial charge in [0.15, 0.2) is 4.91 Å². The molecule has 0 bridgehead atoms. The predicted octanol–water partition coefficient (Wildman–Crippen LogP) is 3.03. The second-order valence-corrected chi connectivity index (χ2v) is 9.10. The molecule has 0 spiro atoms. The number of fused-ring (bicyclic) bond motifs is 1. The number of sulfonamides is 1. The van der Waals surface area contributed by atoms with Gasteiger partial charge in [-0.15, -0.1) is 11.3 Å². The molecule has 0 aromatic carbocycles. The number of allylic oxidation sites excluding steroid dienone is 1. The topological polar surface area (TPSA) is 92.3 Å². The molecule has 0 atom stereocenters. The number of aromatic nitrogens is 2.